The summed E-state index contributed by atoms with van der Waals surface area (Å²) < 4.78 is 1.12. The summed E-state index contributed by atoms with van der Waals surface area (Å²) in [7, 11) is 0. The van der Waals surface area contributed by atoms with E-state index in [9.17, 15) is 0 Å². The van der Waals surface area contributed by atoms with Gasteiger partial charge in [-0.25, -0.2) is 4.98 Å². The molecule has 0 aliphatic carbocycles. The monoisotopic (exact) mass is 233 g/mol. The topological polar surface area (TPSA) is 89.6 Å². The third-order valence-electron chi connectivity index (χ3n) is 1.92. The summed E-state index contributed by atoms with van der Waals surface area (Å²) in [4.78, 5) is 4.43. The third kappa shape index (κ3) is 2.17. The highest BCUT2D eigenvalue weighted by molar-refractivity contribution is 7.20. The Labute approximate surface area is 96.5 Å². The molecule has 0 amide bonds. The first-order valence-electron chi connectivity index (χ1n) is 4.66. The molecule has 0 saturated carbocycles. The lowest BCUT2D eigenvalue weighted by Gasteiger charge is -1.90. The van der Waals surface area contributed by atoms with Crippen LogP contribution >= 0.6 is 11.3 Å². The molecule has 5 nitrogen and oxygen atoms in total. The largest absolute Gasteiger partial charge is 0.369 e. The number of benzene rings is 1. The Morgan fingerprint density at radius 3 is 2.69 bits per heavy atom. The van der Waals surface area contributed by atoms with Crippen molar-refractivity contribution in [3.8, 4) is 0 Å². The lowest BCUT2D eigenvalue weighted by molar-refractivity contribution is 1.19. The summed E-state index contributed by atoms with van der Waals surface area (Å²) in [5.74, 6) is -0.0551. The van der Waals surface area contributed by atoms with Crippen LogP contribution in [0.3, 0.4) is 0 Å². The van der Waals surface area contributed by atoms with Crippen molar-refractivity contribution in [1.29, 1.82) is 0 Å². The van der Waals surface area contributed by atoms with E-state index in [-0.39, 0.29) is 5.96 Å². The zero-order valence-electron chi connectivity index (χ0n) is 8.71. The lowest BCUT2D eigenvalue weighted by atomic mass is 10.3. The first-order chi connectivity index (χ1) is 7.66. The van der Waals surface area contributed by atoms with Crippen LogP contribution in [-0.4, -0.2) is 16.7 Å². The van der Waals surface area contributed by atoms with Gasteiger partial charge in [-0.1, -0.05) is 12.1 Å². The van der Waals surface area contributed by atoms with E-state index in [0.29, 0.717) is 5.71 Å². The molecule has 82 valence electrons. The van der Waals surface area contributed by atoms with Crippen LogP contribution in [-0.2, 0) is 0 Å². The van der Waals surface area contributed by atoms with E-state index < -0.39 is 0 Å². The molecule has 6 heteroatoms. The normalized spacial score (nSPS) is 11.7. The molecule has 0 fully saturated rings. The first kappa shape index (κ1) is 10.6. The maximum atomic E-state index is 5.20. The van der Waals surface area contributed by atoms with E-state index in [4.69, 9.17) is 11.5 Å². The van der Waals surface area contributed by atoms with Crippen LogP contribution in [0.15, 0.2) is 34.5 Å². The molecule has 0 aliphatic rings. The van der Waals surface area contributed by atoms with Crippen molar-refractivity contribution in [2.45, 2.75) is 6.92 Å². The summed E-state index contributed by atoms with van der Waals surface area (Å²) in [5, 5.41) is 8.31. The van der Waals surface area contributed by atoms with Crippen molar-refractivity contribution in [2.24, 2.45) is 21.7 Å². The van der Waals surface area contributed by atoms with Crippen molar-refractivity contribution in [1.82, 2.24) is 4.98 Å². The Balaban J connectivity index is 2.40. The van der Waals surface area contributed by atoms with Gasteiger partial charge >= 0.3 is 0 Å². The molecule has 0 aliphatic heterocycles. The van der Waals surface area contributed by atoms with Gasteiger partial charge < -0.3 is 11.5 Å². The van der Waals surface area contributed by atoms with Crippen LogP contribution in [0.4, 0.5) is 0 Å². The molecule has 16 heavy (non-hydrogen) atoms. The first-order valence-corrected chi connectivity index (χ1v) is 5.47. The molecule has 2 rings (SSSR count). The maximum absolute atomic E-state index is 5.20. The number of rotatable bonds is 2. The molecule has 0 bridgehead atoms. The molecule has 2 aromatic rings. The standard InChI is InChI=1S/C10H11N5S/c1-6(14-15-10(11)12)9-13-7-4-2-3-5-8(7)16-9/h2-5H,1H3,(H4,11,12,15)/b14-6-. The number of fused-ring (bicyclic) bond motifs is 1. The SMILES string of the molecule is C/C(=N/N=C(N)N)c1nc2ccccc2s1. The zero-order valence-corrected chi connectivity index (χ0v) is 9.53. The number of para-hydroxylation sites is 1. The minimum Gasteiger partial charge on any atom is -0.369 e. The van der Waals surface area contributed by atoms with Crippen LogP contribution in [0, 0.1) is 0 Å². The summed E-state index contributed by atoms with van der Waals surface area (Å²) in [6.45, 7) is 1.82. The van der Waals surface area contributed by atoms with E-state index in [0.717, 1.165) is 15.2 Å². The summed E-state index contributed by atoms with van der Waals surface area (Å²) in [5.41, 5.74) is 12.1. The predicted octanol–water partition coefficient (Wildman–Crippen LogP) is 1.29. The van der Waals surface area contributed by atoms with Crippen molar-refractivity contribution >= 4 is 33.2 Å². The third-order valence-corrected chi connectivity index (χ3v) is 3.06. The van der Waals surface area contributed by atoms with Crippen molar-refractivity contribution in [2.75, 3.05) is 0 Å². The Morgan fingerprint density at radius 2 is 2.00 bits per heavy atom. The van der Waals surface area contributed by atoms with Gasteiger partial charge in [0.1, 0.15) is 5.01 Å². The van der Waals surface area contributed by atoms with E-state index in [1.165, 1.54) is 0 Å². The predicted molar refractivity (Wildman–Crippen MR) is 67.6 cm³/mol. The highest BCUT2D eigenvalue weighted by Crippen LogP contribution is 2.21. The van der Waals surface area contributed by atoms with E-state index in [1.807, 2.05) is 31.2 Å². The van der Waals surface area contributed by atoms with Gasteiger partial charge in [0.05, 0.1) is 15.9 Å². The molecule has 0 atom stereocenters. The van der Waals surface area contributed by atoms with Crippen LogP contribution in [0.1, 0.15) is 11.9 Å². The minimum atomic E-state index is -0.0551. The van der Waals surface area contributed by atoms with Gasteiger partial charge in [0.25, 0.3) is 0 Å². The van der Waals surface area contributed by atoms with Gasteiger partial charge in [-0.05, 0) is 19.1 Å². The number of hydrogen-bond acceptors (Lipinski definition) is 4. The van der Waals surface area contributed by atoms with E-state index in [1.54, 1.807) is 11.3 Å². The Morgan fingerprint density at radius 1 is 1.25 bits per heavy atom. The average molecular weight is 233 g/mol. The minimum absolute atomic E-state index is 0.0551. The fourth-order valence-electron chi connectivity index (χ4n) is 1.20. The van der Waals surface area contributed by atoms with Gasteiger partial charge in [-0.15, -0.1) is 21.5 Å². The Hall–Kier alpha value is -1.95. The van der Waals surface area contributed by atoms with Crippen molar-refractivity contribution < 1.29 is 0 Å². The van der Waals surface area contributed by atoms with Gasteiger partial charge in [0.15, 0.2) is 0 Å². The quantitative estimate of drug-likeness (QED) is 0.465. The second-order valence-corrected chi connectivity index (χ2v) is 4.23. The van der Waals surface area contributed by atoms with Gasteiger partial charge in [0, 0.05) is 0 Å². The molecule has 1 aromatic heterocycles. The number of aromatic nitrogens is 1. The molecule has 4 N–H and O–H groups in total. The zero-order chi connectivity index (χ0) is 11.5. The fourth-order valence-corrected chi connectivity index (χ4v) is 2.11. The lowest BCUT2D eigenvalue weighted by Crippen LogP contribution is -2.22. The molecule has 1 heterocycles. The molecule has 1 aromatic carbocycles. The van der Waals surface area contributed by atoms with Gasteiger partial charge in [-0.2, -0.15) is 0 Å². The Bertz CT molecular complexity index is 532. The fraction of sp³-hybridized carbons (Fsp3) is 0.100. The number of guanidine groups is 1. The number of hydrogen-bond donors (Lipinski definition) is 2. The van der Waals surface area contributed by atoms with Crippen molar-refractivity contribution in [3.05, 3.63) is 29.3 Å². The summed E-state index contributed by atoms with van der Waals surface area (Å²) in [6.07, 6.45) is 0. The van der Waals surface area contributed by atoms with E-state index in [2.05, 4.69) is 15.2 Å². The second-order valence-electron chi connectivity index (χ2n) is 3.20. The maximum Gasteiger partial charge on any atom is 0.211 e. The highest BCUT2D eigenvalue weighted by Gasteiger charge is 2.05. The second kappa shape index (κ2) is 4.28. The average Bonchev–Trinajstić information content (AvgIpc) is 2.69. The number of nitrogens with zero attached hydrogens (tertiary/aromatic N) is 3. The van der Waals surface area contributed by atoms with Gasteiger partial charge in [0.2, 0.25) is 5.96 Å². The number of nitrogens with two attached hydrogens (primary N) is 2. The molecule has 0 saturated heterocycles. The van der Waals surface area contributed by atoms with Gasteiger partial charge in [-0.3, -0.25) is 0 Å². The molecule has 0 radical (unpaired) electrons. The highest BCUT2D eigenvalue weighted by atomic mass is 32.1. The van der Waals surface area contributed by atoms with Crippen LogP contribution in [0.5, 0.6) is 0 Å². The van der Waals surface area contributed by atoms with E-state index >= 15 is 0 Å². The molecule has 0 spiro atoms. The van der Waals surface area contributed by atoms with Crippen LogP contribution < -0.4 is 11.5 Å². The number of thiazole rings is 1. The van der Waals surface area contributed by atoms with Crippen LogP contribution in [0.25, 0.3) is 10.2 Å². The van der Waals surface area contributed by atoms with Crippen LogP contribution in [0.2, 0.25) is 0 Å². The summed E-state index contributed by atoms with van der Waals surface area (Å²) >= 11 is 1.56. The smallest absolute Gasteiger partial charge is 0.211 e. The summed E-state index contributed by atoms with van der Waals surface area (Å²) in [6, 6.07) is 7.91. The molecular formula is C10H11N5S. The Kier molecular flexibility index (Phi) is 2.82. The molecular weight excluding hydrogens is 222 g/mol. The van der Waals surface area contributed by atoms with Crippen molar-refractivity contribution in [3.63, 3.8) is 0 Å². The molecule has 0 unspecified atom stereocenters.